The molecule has 6 nitrogen and oxygen atoms in total. The molecule has 9 heteroatoms. The minimum atomic E-state index is -4.78. The minimum Gasteiger partial charge on any atom is -0.406 e. The van der Waals surface area contributed by atoms with E-state index in [1.807, 2.05) is 0 Å². The van der Waals surface area contributed by atoms with E-state index in [4.69, 9.17) is 4.74 Å². The quantitative estimate of drug-likeness (QED) is 0.825. The van der Waals surface area contributed by atoms with Crippen LogP contribution in [0.1, 0.15) is 12.8 Å². The first-order valence-electron chi connectivity index (χ1n) is 6.90. The number of hydrogen-bond acceptors (Lipinski definition) is 4. The molecular weight excluding hydrogens is 317 g/mol. The average molecular weight is 332 g/mol. The summed E-state index contributed by atoms with van der Waals surface area (Å²) in [5.74, 6) is -2.16. The molecule has 0 aromatic heterocycles. The Bertz CT molecular complexity index is 554. The number of carbonyl (C=O) groups excluding carboxylic acids is 2. The van der Waals surface area contributed by atoms with Gasteiger partial charge in [-0.1, -0.05) is 0 Å². The summed E-state index contributed by atoms with van der Waals surface area (Å²) in [6.07, 6.45) is -3.14. The van der Waals surface area contributed by atoms with Crippen molar-refractivity contribution in [3.05, 3.63) is 24.3 Å². The van der Waals surface area contributed by atoms with Crippen molar-refractivity contribution in [2.45, 2.75) is 25.3 Å². The zero-order chi connectivity index (χ0) is 16.9. The Hall–Kier alpha value is -2.29. The van der Waals surface area contributed by atoms with Gasteiger partial charge in [-0.05, 0) is 37.1 Å². The summed E-state index contributed by atoms with van der Waals surface area (Å²) in [7, 11) is 0. The van der Waals surface area contributed by atoms with E-state index in [0.29, 0.717) is 6.61 Å². The zero-order valence-corrected chi connectivity index (χ0v) is 12.0. The maximum absolute atomic E-state index is 12.0. The van der Waals surface area contributed by atoms with E-state index in [1.54, 1.807) is 0 Å². The van der Waals surface area contributed by atoms with Gasteiger partial charge in [0.1, 0.15) is 5.75 Å². The number of halogens is 3. The van der Waals surface area contributed by atoms with E-state index in [-0.39, 0.29) is 18.3 Å². The van der Waals surface area contributed by atoms with Gasteiger partial charge in [0.15, 0.2) is 0 Å². The summed E-state index contributed by atoms with van der Waals surface area (Å²) in [4.78, 5) is 23.3. The zero-order valence-electron chi connectivity index (χ0n) is 12.0. The number of benzene rings is 1. The van der Waals surface area contributed by atoms with Crippen LogP contribution in [0.15, 0.2) is 24.3 Å². The van der Waals surface area contributed by atoms with Gasteiger partial charge in [0.05, 0.1) is 6.10 Å². The number of amides is 2. The Balaban J connectivity index is 1.80. The van der Waals surface area contributed by atoms with Crippen LogP contribution in [0.2, 0.25) is 0 Å². The highest BCUT2D eigenvalue weighted by atomic mass is 19.4. The summed E-state index contributed by atoms with van der Waals surface area (Å²) >= 11 is 0. The molecule has 1 aliphatic heterocycles. The summed E-state index contributed by atoms with van der Waals surface area (Å²) in [6.45, 7) is 0.879. The first-order chi connectivity index (χ1) is 10.8. The Morgan fingerprint density at radius 2 is 1.91 bits per heavy atom. The SMILES string of the molecule is O=C(NC[C@@H]1CCCO1)C(=O)Nc1ccc(OC(F)(F)F)cc1. The first kappa shape index (κ1) is 17.1. The van der Waals surface area contributed by atoms with E-state index in [0.717, 1.165) is 25.0 Å². The van der Waals surface area contributed by atoms with Crippen LogP contribution in [-0.2, 0) is 14.3 Å². The molecule has 1 heterocycles. The number of rotatable bonds is 4. The fraction of sp³-hybridized carbons (Fsp3) is 0.429. The molecule has 1 aromatic rings. The minimum absolute atomic E-state index is 0.0921. The van der Waals surface area contributed by atoms with Crippen LogP contribution in [0.3, 0.4) is 0 Å². The smallest absolute Gasteiger partial charge is 0.406 e. The van der Waals surface area contributed by atoms with Gasteiger partial charge in [-0.15, -0.1) is 13.2 Å². The second kappa shape index (κ2) is 7.32. The molecule has 0 spiro atoms. The number of carbonyl (C=O) groups is 2. The Labute approximate surface area is 129 Å². The normalized spacial score (nSPS) is 17.6. The second-order valence-corrected chi connectivity index (χ2v) is 4.87. The van der Waals surface area contributed by atoms with Crippen LogP contribution in [0, 0.1) is 0 Å². The molecule has 0 bridgehead atoms. The maximum atomic E-state index is 12.0. The van der Waals surface area contributed by atoms with Crippen LogP contribution in [-0.4, -0.2) is 37.4 Å². The molecule has 2 amide bonds. The van der Waals surface area contributed by atoms with Gasteiger partial charge in [-0.25, -0.2) is 0 Å². The van der Waals surface area contributed by atoms with Crippen molar-refractivity contribution in [3.63, 3.8) is 0 Å². The maximum Gasteiger partial charge on any atom is 0.573 e. The van der Waals surface area contributed by atoms with Crippen LogP contribution in [0.25, 0.3) is 0 Å². The number of alkyl halides is 3. The molecule has 1 fully saturated rings. The van der Waals surface area contributed by atoms with Crippen molar-refractivity contribution < 1.29 is 32.2 Å². The summed E-state index contributed by atoms with van der Waals surface area (Å²) in [6, 6.07) is 4.47. The van der Waals surface area contributed by atoms with Gasteiger partial charge in [-0.2, -0.15) is 0 Å². The lowest BCUT2D eigenvalue weighted by Crippen LogP contribution is -2.39. The molecule has 126 valence electrons. The van der Waals surface area contributed by atoms with Crippen LogP contribution in [0.5, 0.6) is 5.75 Å². The van der Waals surface area contributed by atoms with Crippen molar-refractivity contribution in [2.75, 3.05) is 18.5 Å². The molecular formula is C14H15F3N2O4. The third-order valence-electron chi connectivity index (χ3n) is 3.07. The Morgan fingerprint density at radius 1 is 1.22 bits per heavy atom. The highest BCUT2D eigenvalue weighted by molar-refractivity contribution is 6.39. The number of hydrogen-bond donors (Lipinski definition) is 2. The molecule has 0 aliphatic carbocycles. The lowest BCUT2D eigenvalue weighted by molar-refractivity contribution is -0.274. The third kappa shape index (κ3) is 5.78. The van der Waals surface area contributed by atoms with Gasteiger partial charge in [0, 0.05) is 18.8 Å². The monoisotopic (exact) mass is 332 g/mol. The number of ether oxygens (including phenoxy) is 2. The summed E-state index contributed by atoms with van der Waals surface area (Å²) in [5.41, 5.74) is 0.178. The van der Waals surface area contributed by atoms with Gasteiger partial charge in [0.2, 0.25) is 0 Å². The molecule has 2 N–H and O–H groups in total. The van der Waals surface area contributed by atoms with Crippen molar-refractivity contribution in [2.24, 2.45) is 0 Å². The fourth-order valence-corrected chi connectivity index (χ4v) is 2.02. The molecule has 0 radical (unpaired) electrons. The Kier molecular flexibility index (Phi) is 5.43. The van der Waals surface area contributed by atoms with Gasteiger partial charge in [-0.3, -0.25) is 9.59 Å². The number of anilines is 1. The lowest BCUT2D eigenvalue weighted by atomic mass is 10.2. The molecule has 1 aliphatic rings. The standard InChI is InChI=1S/C14H15F3N2O4/c15-14(16,17)23-10-5-3-9(4-6-10)19-13(21)12(20)18-8-11-2-1-7-22-11/h3-6,11H,1-2,7-8H2,(H,18,20)(H,19,21)/t11-/m0/s1. The van der Waals surface area contributed by atoms with E-state index in [2.05, 4.69) is 15.4 Å². The summed E-state index contributed by atoms with van der Waals surface area (Å²) < 4.78 is 45.0. The van der Waals surface area contributed by atoms with Gasteiger partial charge >= 0.3 is 18.2 Å². The van der Waals surface area contributed by atoms with Crippen LogP contribution >= 0.6 is 0 Å². The Morgan fingerprint density at radius 3 is 2.48 bits per heavy atom. The van der Waals surface area contributed by atoms with E-state index in [9.17, 15) is 22.8 Å². The third-order valence-corrected chi connectivity index (χ3v) is 3.07. The fourth-order valence-electron chi connectivity index (χ4n) is 2.02. The topological polar surface area (TPSA) is 76.7 Å². The molecule has 2 rings (SSSR count). The van der Waals surface area contributed by atoms with Crippen molar-refractivity contribution >= 4 is 17.5 Å². The molecule has 0 unspecified atom stereocenters. The van der Waals surface area contributed by atoms with Gasteiger partial charge < -0.3 is 20.1 Å². The van der Waals surface area contributed by atoms with E-state index < -0.39 is 23.9 Å². The van der Waals surface area contributed by atoms with Crippen molar-refractivity contribution in [1.29, 1.82) is 0 Å². The van der Waals surface area contributed by atoms with Crippen molar-refractivity contribution in [3.8, 4) is 5.75 Å². The highest BCUT2D eigenvalue weighted by Gasteiger charge is 2.31. The number of nitrogens with one attached hydrogen (secondary N) is 2. The molecule has 1 aromatic carbocycles. The molecule has 23 heavy (non-hydrogen) atoms. The average Bonchev–Trinajstić information content (AvgIpc) is 2.98. The largest absolute Gasteiger partial charge is 0.573 e. The highest BCUT2D eigenvalue weighted by Crippen LogP contribution is 2.23. The molecule has 1 saturated heterocycles. The van der Waals surface area contributed by atoms with E-state index >= 15 is 0 Å². The van der Waals surface area contributed by atoms with Crippen LogP contribution in [0.4, 0.5) is 18.9 Å². The molecule has 1 atom stereocenters. The second-order valence-electron chi connectivity index (χ2n) is 4.87. The lowest BCUT2D eigenvalue weighted by Gasteiger charge is -2.11. The van der Waals surface area contributed by atoms with E-state index in [1.165, 1.54) is 12.1 Å². The van der Waals surface area contributed by atoms with Crippen molar-refractivity contribution in [1.82, 2.24) is 5.32 Å². The predicted molar refractivity (Wildman–Crippen MR) is 73.7 cm³/mol. The predicted octanol–water partition coefficient (Wildman–Crippen LogP) is 1.82. The van der Waals surface area contributed by atoms with Gasteiger partial charge in [0.25, 0.3) is 0 Å². The van der Waals surface area contributed by atoms with Crippen LogP contribution < -0.4 is 15.4 Å². The summed E-state index contributed by atoms with van der Waals surface area (Å²) in [5, 5.41) is 4.72. The first-order valence-corrected chi connectivity index (χ1v) is 6.90. The molecule has 0 saturated carbocycles.